The monoisotopic (exact) mass is 257 g/mol. The van der Waals surface area contributed by atoms with Gasteiger partial charge in [0, 0.05) is 25.5 Å². The fourth-order valence-electron chi connectivity index (χ4n) is 2.50. The van der Waals surface area contributed by atoms with Gasteiger partial charge in [0.1, 0.15) is 6.33 Å². The van der Waals surface area contributed by atoms with Gasteiger partial charge in [-0.15, -0.1) is 10.2 Å². The van der Waals surface area contributed by atoms with Crippen molar-refractivity contribution in [1.82, 2.24) is 20.1 Å². The normalized spacial score (nSPS) is 18.7. The third-order valence-electron chi connectivity index (χ3n) is 3.59. The summed E-state index contributed by atoms with van der Waals surface area (Å²) in [4.78, 5) is 2.09. The number of nitrogens with zero attached hydrogens (tertiary/aromatic N) is 4. The van der Waals surface area contributed by atoms with E-state index >= 15 is 0 Å². The zero-order chi connectivity index (χ0) is 13.2. The molecule has 100 valence electrons. The number of nitrogens with one attached hydrogen (secondary N) is 1. The number of rotatable bonds is 3. The van der Waals surface area contributed by atoms with Crippen molar-refractivity contribution < 1.29 is 0 Å². The first-order chi connectivity index (χ1) is 9.25. The zero-order valence-electron chi connectivity index (χ0n) is 11.4. The van der Waals surface area contributed by atoms with Gasteiger partial charge in [-0.3, -0.25) is 4.57 Å². The van der Waals surface area contributed by atoms with E-state index in [1.165, 1.54) is 12.1 Å². The molecule has 5 heteroatoms. The average Bonchev–Trinajstić information content (AvgIpc) is 3.09. The van der Waals surface area contributed by atoms with Crippen LogP contribution in [0.15, 0.2) is 30.6 Å². The van der Waals surface area contributed by atoms with Crippen molar-refractivity contribution in [1.29, 1.82) is 0 Å². The van der Waals surface area contributed by atoms with E-state index in [1.54, 1.807) is 6.33 Å². The van der Waals surface area contributed by atoms with E-state index < -0.39 is 0 Å². The fraction of sp³-hybridized carbons (Fsp3) is 0.429. The first-order valence-electron chi connectivity index (χ1n) is 6.67. The molecule has 0 aliphatic carbocycles. The second-order valence-electron chi connectivity index (χ2n) is 5.12. The number of hydrogen-bond donors (Lipinski definition) is 1. The van der Waals surface area contributed by atoms with Crippen LogP contribution in [0, 0.1) is 0 Å². The minimum atomic E-state index is 0.330. The molecule has 19 heavy (non-hydrogen) atoms. The Balaban J connectivity index is 1.91. The Bertz CT molecular complexity index is 537. The van der Waals surface area contributed by atoms with Gasteiger partial charge in [0.05, 0.1) is 6.04 Å². The molecule has 1 aliphatic heterocycles. The highest BCUT2D eigenvalue weighted by atomic mass is 15.3. The standard InChI is InChI=1S/C14H19N5/c1-18(2)11-5-7-12(8-6-11)19-10-16-17-14(19)13-4-3-9-15-13/h5-8,10,13,15H,3-4,9H2,1-2H3. The lowest BCUT2D eigenvalue weighted by Crippen LogP contribution is -2.17. The van der Waals surface area contributed by atoms with E-state index in [0.29, 0.717) is 6.04 Å². The Morgan fingerprint density at radius 2 is 2.05 bits per heavy atom. The molecule has 0 spiro atoms. The predicted molar refractivity (Wildman–Crippen MR) is 75.7 cm³/mol. The van der Waals surface area contributed by atoms with Crippen LogP contribution in [0.2, 0.25) is 0 Å². The van der Waals surface area contributed by atoms with Crippen LogP contribution < -0.4 is 10.2 Å². The minimum Gasteiger partial charge on any atom is -0.378 e. The van der Waals surface area contributed by atoms with Gasteiger partial charge < -0.3 is 10.2 Å². The van der Waals surface area contributed by atoms with Crippen molar-refractivity contribution >= 4 is 5.69 Å². The molecule has 0 amide bonds. The lowest BCUT2D eigenvalue weighted by Gasteiger charge is -2.15. The summed E-state index contributed by atoms with van der Waals surface area (Å²) in [5.74, 6) is 1.01. The summed E-state index contributed by atoms with van der Waals surface area (Å²) in [7, 11) is 4.09. The molecule has 1 fully saturated rings. The van der Waals surface area contributed by atoms with Gasteiger partial charge in [-0.1, -0.05) is 0 Å². The first kappa shape index (κ1) is 12.2. The van der Waals surface area contributed by atoms with E-state index in [1.807, 2.05) is 14.1 Å². The highest BCUT2D eigenvalue weighted by molar-refractivity contribution is 5.50. The Kier molecular flexibility index (Phi) is 3.21. The molecule has 2 aromatic rings. The summed E-state index contributed by atoms with van der Waals surface area (Å²) in [6.45, 7) is 1.07. The summed E-state index contributed by atoms with van der Waals surface area (Å²) in [5, 5.41) is 11.8. The van der Waals surface area contributed by atoms with Crippen molar-refractivity contribution in [3.8, 4) is 5.69 Å². The van der Waals surface area contributed by atoms with Gasteiger partial charge in [0.2, 0.25) is 0 Å². The lowest BCUT2D eigenvalue weighted by molar-refractivity contribution is 0.592. The largest absolute Gasteiger partial charge is 0.378 e. The highest BCUT2D eigenvalue weighted by Gasteiger charge is 2.21. The van der Waals surface area contributed by atoms with Crippen LogP contribution in [-0.2, 0) is 0 Å². The topological polar surface area (TPSA) is 46.0 Å². The summed E-state index contributed by atoms with van der Waals surface area (Å²) >= 11 is 0. The summed E-state index contributed by atoms with van der Waals surface area (Å²) in [5.41, 5.74) is 2.30. The first-order valence-corrected chi connectivity index (χ1v) is 6.67. The van der Waals surface area contributed by atoms with Gasteiger partial charge in [-0.05, 0) is 43.7 Å². The Labute approximate surface area is 113 Å². The molecule has 5 nitrogen and oxygen atoms in total. The number of hydrogen-bond acceptors (Lipinski definition) is 4. The molecule has 3 rings (SSSR count). The van der Waals surface area contributed by atoms with Gasteiger partial charge >= 0.3 is 0 Å². The van der Waals surface area contributed by atoms with Gasteiger partial charge in [-0.25, -0.2) is 0 Å². The molecule has 0 saturated carbocycles. The molecule has 1 saturated heterocycles. The van der Waals surface area contributed by atoms with Crippen LogP contribution in [0.3, 0.4) is 0 Å². The molecule has 2 heterocycles. The smallest absolute Gasteiger partial charge is 0.154 e. The zero-order valence-corrected chi connectivity index (χ0v) is 11.4. The number of anilines is 1. The van der Waals surface area contributed by atoms with Crippen molar-refractivity contribution in [3.63, 3.8) is 0 Å². The number of benzene rings is 1. The van der Waals surface area contributed by atoms with E-state index in [4.69, 9.17) is 0 Å². The average molecular weight is 257 g/mol. The van der Waals surface area contributed by atoms with Crippen molar-refractivity contribution in [2.75, 3.05) is 25.5 Å². The second kappa shape index (κ2) is 5.01. The van der Waals surface area contributed by atoms with E-state index in [2.05, 4.69) is 49.2 Å². The van der Waals surface area contributed by atoms with Crippen LogP contribution in [0.25, 0.3) is 5.69 Å². The molecule has 1 aromatic heterocycles. The predicted octanol–water partition coefficient (Wildman–Crippen LogP) is 1.76. The van der Waals surface area contributed by atoms with Crippen molar-refractivity contribution in [3.05, 3.63) is 36.4 Å². The van der Waals surface area contributed by atoms with Gasteiger partial charge in [0.15, 0.2) is 5.82 Å². The Morgan fingerprint density at radius 1 is 1.26 bits per heavy atom. The van der Waals surface area contributed by atoms with Crippen LogP contribution in [0.1, 0.15) is 24.7 Å². The van der Waals surface area contributed by atoms with E-state index in [9.17, 15) is 0 Å². The van der Waals surface area contributed by atoms with Crippen molar-refractivity contribution in [2.45, 2.75) is 18.9 Å². The summed E-state index contributed by atoms with van der Waals surface area (Å²) in [6.07, 6.45) is 4.13. The van der Waals surface area contributed by atoms with Crippen LogP contribution in [0.4, 0.5) is 5.69 Å². The second-order valence-corrected chi connectivity index (χ2v) is 5.12. The van der Waals surface area contributed by atoms with Crippen LogP contribution >= 0.6 is 0 Å². The van der Waals surface area contributed by atoms with Crippen LogP contribution in [-0.4, -0.2) is 35.4 Å². The SMILES string of the molecule is CN(C)c1ccc(-n2cnnc2C2CCCN2)cc1. The maximum Gasteiger partial charge on any atom is 0.154 e. The maximum atomic E-state index is 4.27. The minimum absolute atomic E-state index is 0.330. The number of aromatic nitrogens is 3. The van der Waals surface area contributed by atoms with Gasteiger partial charge in [-0.2, -0.15) is 0 Å². The summed E-state index contributed by atoms with van der Waals surface area (Å²) < 4.78 is 2.07. The quantitative estimate of drug-likeness (QED) is 0.910. The van der Waals surface area contributed by atoms with Crippen LogP contribution in [0.5, 0.6) is 0 Å². The lowest BCUT2D eigenvalue weighted by atomic mass is 10.2. The Hall–Kier alpha value is -1.88. The highest BCUT2D eigenvalue weighted by Crippen LogP contribution is 2.24. The molecule has 1 unspecified atom stereocenters. The molecular formula is C14H19N5. The Morgan fingerprint density at radius 3 is 2.68 bits per heavy atom. The molecule has 0 radical (unpaired) electrons. The molecular weight excluding hydrogens is 238 g/mol. The molecule has 1 N–H and O–H groups in total. The maximum absolute atomic E-state index is 4.27. The third-order valence-corrected chi connectivity index (χ3v) is 3.59. The molecule has 1 aliphatic rings. The third kappa shape index (κ3) is 2.33. The molecule has 0 bridgehead atoms. The van der Waals surface area contributed by atoms with Gasteiger partial charge in [0.25, 0.3) is 0 Å². The molecule has 1 aromatic carbocycles. The molecule has 1 atom stereocenters. The summed E-state index contributed by atoms with van der Waals surface area (Å²) in [6, 6.07) is 8.77. The fourth-order valence-corrected chi connectivity index (χ4v) is 2.50. The van der Waals surface area contributed by atoms with E-state index in [0.717, 1.165) is 24.5 Å². The van der Waals surface area contributed by atoms with E-state index in [-0.39, 0.29) is 0 Å². The van der Waals surface area contributed by atoms with Crippen molar-refractivity contribution in [2.24, 2.45) is 0 Å².